The molecule has 3 heterocycles. The lowest BCUT2D eigenvalue weighted by molar-refractivity contribution is 0.675. The van der Waals surface area contributed by atoms with Gasteiger partial charge in [0, 0.05) is 12.7 Å². The third-order valence-electron chi connectivity index (χ3n) is 2.87. The second kappa shape index (κ2) is 4.38. The molecule has 5 nitrogen and oxygen atoms in total. The summed E-state index contributed by atoms with van der Waals surface area (Å²) >= 11 is 5.25. The fourth-order valence-electron chi connectivity index (χ4n) is 2.06. The van der Waals surface area contributed by atoms with E-state index in [0.717, 1.165) is 29.9 Å². The van der Waals surface area contributed by atoms with Crippen LogP contribution in [0.3, 0.4) is 0 Å². The van der Waals surface area contributed by atoms with E-state index in [1.54, 1.807) is 0 Å². The largest absolute Gasteiger partial charge is 0.300 e. The van der Waals surface area contributed by atoms with Crippen molar-refractivity contribution in [1.29, 1.82) is 0 Å². The SMILES string of the molecule is CCCn1c(-c2cnn3ccccc23)n[nH]c1=S. The van der Waals surface area contributed by atoms with Gasteiger partial charge in [-0.25, -0.2) is 4.52 Å². The molecule has 0 spiro atoms. The summed E-state index contributed by atoms with van der Waals surface area (Å²) in [6, 6.07) is 5.97. The van der Waals surface area contributed by atoms with Gasteiger partial charge in [-0.2, -0.15) is 10.2 Å². The highest BCUT2D eigenvalue weighted by Gasteiger charge is 2.13. The predicted molar refractivity (Wildman–Crippen MR) is 71.9 cm³/mol. The minimum atomic E-state index is 0.655. The molecule has 0 amide bonds. The molecule has 3 aromatic heterocycles. The second-order valence-corrected chi connectivity index (χ2v) is 4.48. The number of aromatic amines is 1. The monoisotopic (exact) mass is 259 g/mol. The molecule has 0 fully saturated rings. The van der Waals surface area contributed by atoms with Gasteiger partial charge in [-0.1, -0.05) is 13.0 Å². The molecule has 0 atom stereocenters. The molecule has 0 aliphatic rings. The van der Waals surface area contributed by atoms with Crippen LogP contribution >= 0.6 is 12.2 Å². The summed E-state index contributed by atoms with van der Waals surface area (Å²) in [5, 5.41) is 11.5. The fraction of sp³-hybridized carbons (Fsp3) is 0.250. The molecule has 0 aliphatic heterocycles. The van der Waals surface area contributed by atoms with E-state index in [4.69, 9.17) is 12.2 Å². The Kier molecular flexibility index (Phi) is 2.71. The lowest BCUT2D eigenvalue weighted by Crippen LogP contribution is -1.99. The fourth-order valence-corrected chi connectivity index (χ4v) is 2.28. The number of H-pyrrole nitrogens is 1. The first-order chi connectivity index (χ1) is 8.81. The van der Waals surface area contributed by atoms with Crippen molar-refractivity contribution >= 4 is 17.7 Å². The quantitative estimate of drug-likeness (QED) is 0.736. The standard InChI is InChI=1S/C12H13N5S/c1-2-6-16-11(14-15-12(16)18)9-8-13-17-7-4-3-5-10(9)17/h3-5,7-8H,2,6H2,1H3,(H,15,18). The maximum Gasteiger partial charge on any atom is 0.195 e. The Balaban J connectivity index is 2.23. The van der Waals surface area contributed by atoms with Gasteiger partial charge in [0.25, 0.3) is 0 Å². The number of hydrogen-bond acceptors (Lipinski definition) is 3. The van der Waals surface area contributed by atoms with Crippen molar-refractivity contribution in [2.45, 2.75) is 19.9 Å². The van der Waals surface area contributed by atoms with E-state index >= 15 is 0 Å². The van der Waals surface area contributed by atoms with Gasteiger partial charge in [-0.15, -0.1) is 0 Å². The lowest BCUT2D eigenvalue weighted by Gasteiger charge is -2.03. The van der Waals surface area contributed by atoms with Crippen LogP contribution in [0, 0.1) is 4.77 Å². The molecule has 1 N–H and O–H groups in total. The van der Waals surface area contributed by atoms with Crippen LogP contribution in [-0.4, -0.2) is 24.4 Å². The Bertz CT molecular complexity index is 736. The van der Waals surface area contributed by atoms with Crippen LogP contribution in [0.5, 0.6) is 0 Å². The van der Waals surface area contributed by atoms with E-state index < -0.39 is 0 Å². The molecule has 0 unspecified atom stereocenters. The third kappa shape index (κ3) is 1.65. The van der Waals surface area contributed by atoms with E-state index in [9.17, 15) is 0 Å². The Morgan fingerprint density at radius 2 is 2.28 bits per heavy atom. The number of nitrogens with zero attached hydrogens (tertiary/aromatic N) is 4. The first kappa shape index (κ1) is 11.2. The minimum absolute atomic E-state index is 0.655. The van der Waals surface area contributed by atoms with Gasteiger partial charge < -0.3 is 4.57 Å². The van der Waals surface area contributed by atoms with Crippen LogP contribution in [0.2, 0.25) is 0 Å². The Morgan fingerprint density at radius 1 is 1.39 bits per heavy atom. The van der Waals surface area contributed by atoms with Crippen LogP contribution in [0.1, 0.15) is 13.3 Å². The second-order valence-electron chi connectivity index (χ2n) is 4.09. The average molecular weight is 259 g/mol. The average Bonchev–Trinajstić information content (AvgIpc) is 2.95. The first-order valence-electron chi connectivity index (χ1n) is 5.89. The van der Waals surface area contributed by atoms with E-state index in [1.165, 1.54) is 0 Å². The summed E-state index contributed by atoms with van der Waals surface area (Å²) < 4.78 is 4.50. The van der Waals surface area contributed by atoms with Crippen LogP contribution in [0.4, 0.5) is 0 Å². The molecule has 0 aliphatic carbocycles. The van der Waals surface area contributed by atoms with Crippen molar-refractivity contribution in [1.82, 2.24) is 24.4 Å². The molecule has 18 heavy (non-hydrogen) atoms. The summed E-state index contributed by atoms with van der Waals surface area (Å²) in [5.41, 5.74) is 2.03. The molecule has 0 aromatic carbocycles. The Hall–Kier alpha value is -1.95. The summed E-state index contributed by atoms with van der Waals surface area (Å²) in [7, 11) is 0. The number of rotatable bonds is 3. The summed E-state index contributed by atoms with van der Waals surface area (Å²) in [6.07, 6.45) is 4.76. The van der Waals surface area contributed by atoms with E-state index in [-0.39, 0.29) is 0 Å². The smallest absolute Gasteiger partial charge is 0.195 e. The van der Waals surface area contributed by atoms with Gasteiger partial charge in [0.15, 0.2) is 10.6 Å². The van der Waals surface area contributed by atoms with Crippen LogP contribution in [-0.2, 0) is 6.54 Å². The van der Waals surface area contributed by atoms with Gasteiger partial charge in [-0.05, 0) is 30.8 Å². The molecule has 3 aromatic rings. The first-order valence-corrected chi connectivity index (χ1v) is 6.30. The maximum atomic E-state index is 5.25. The zero-order valence-corrected chi connectivity index (χ0v) is 10.8. The number of fused-ring (bicyclic) bond motifs is 1. The molecule has 0 saturated heterocycles. The van der Waals surface area contributed by atoms with E-state index in [2.05, 4.69) is 22.2 Å². The van der Waals surface area contributed by atoms with E-state index in [1.807, 2.05) is 39.7 Å². The molecule has 0 radical (unpaired) electrons. The van der Waals surface area contributed by atoms with Crippen LogP contribution in [0.25, 0.3) is 16.9 Å². The van der Waals surface area contributed by atoms with Crippen molar-refractivity contribution in [3.05, 3.63) is 35.4 Å². The van der Waals surface area contributed by atoms with Gasteiger partial charge >= 0.3 is 0 Å². The van der Waals surface area contributed by atoms with Gasteiger partial charge in [0.1, 0.15) is 0 Å². The van der Waals surface area contributed by atoms with Gasteiger partial charge in [-0.3, -0.25) is 5.10 Å². The summed E-state index contributed by atoms with van der Waals surface area (Å²) in [6.45, 7) is 2.98. The molecular formula is C12H13N5S. The zero-order valence-electron chi connectivity index (χ0n) is 10.00. The van der Waals surface area contributed by atoms with Crippen molar-refractivity contribution in [2.75, 3.05) is 0 Å². The molecule has 0 saturated carbocycles. The Morgan fingerprint density at radius 3 is 3.11 bits per heavy atom. The van der Waals surface area contributed by atoms with Gasteiger partial charge in [0.2, 0.25) is 0 Å². The lowest BCUT2D eigenvalue weighted by atomic mass is 10.2. The Labute approximate surface area is 109 Å². The zero-order chi connectivity index (χ0) is 12.5. The predicted octanol–water partition coefficient (Wildman–Crippen LogP) is 2.67. The maximum absolute atomic E-state index is 5.25. The highest BCUT2D eigenvalue weighted by molar-refractivity contribution is 7.71. The summed E-state index contributed by atoms with van der Waals surface area (Å²) in [4.78, 5) is 0. The van der Waals surface area contributed by atoms with Crippen LogP contribution < -0.4 is 0 Å². The van der Waals surface area contributed by atoms with Crippen molar-refractivity contribution in [2.24, 2.45) is 0 Å². The minimum Gasteiger partial charge on any atom is -0.300 e. The van der Waals surface area contributed by atoms with Crippen molar-refractivity contribution < 1.29 is 0 Å². The number of aromatic nitrogens is 5. The molecule has 3 rings (SSSR count). The highest BCUT2D eigenvalue weighted by atomic mass is 32.1. The summed E-state index contributed by atoms with van der Waals surface area (Å²) in [5.74, 6) is 0.850. The number of hydrogen-bond donors (Lipinski definition) is 1. The normalized spacial score (nSPS) is 11.2. The van der Waals surface area contributed by atoms with Crippen molar-refractivity contribution in [3.63, 3.8) is 0 Å². The third-order valence-corrected chi connectivity index (χ3v) is 3.18. The molecule has 92 valence electrons. The number of nitrogens with one attached hydrogen (secondary N) is 1. The molecule has 6 heteroatoms. The molecular weight excluding hydrogens is 246 g/mol. The topological polar surface area (TPSA) is 50.9 Å². The highest BCUT2D eigenvalue weighted by Crippen LogP contribution is 2.22. The van der Waals surface area contributed by atoms with Gasteiger partial charge in [0.05, 0.1) is 17.3 Å². The van der Waals surface area contributed by atoms with E-state index in [0.29, 0.717) is 4.77 Å². The van der Waals surface area contributed by atoms with Crippen LogP contribution in [0.15, 0.2) is 30.6 Å². The van der Waals surface area contributed by atoms with Crippen molar-refractivity contribution in [3.8, 4) is 11.4 Å². The molecule has 0 bridgehead atoms. The number of pyridine rings is 1.